The molecule has 0 spiro atoms. The molecule has 1 fully saturated rings. The van der Waals surface area contributed by atoms with Gasteiger partial charge in [-0.1, -0.05) is 30.3 Å². The van der Waals surface area contributed by atoms with Gasteiger partial charge in [-0.3, -0.25) is 9.36 Å². The lowest BCUT2D eigenvalue weighted by molar-refractivity contribution is 0.0949. The Bertz CT molecular complexity index is 868. The number of carbonyl (C=O) groups is 1. The maximum absolute atomic E-state index is 12.7. The monoisotopic (exact) mass is 337 g/mol. The van der Waals surface area contributed by atoms with Crippen LogP contribution < -0.4 is 5.32 Å². The first-order chi connectivity index (χ1) is 11.6. The summed E-state index contributed by atoms with van der Waals surface area (Å²) >= 11 is 1.57. The van der Waals surface area contributed by atoms with E-state index in [4.69, 9.17) is 0 Å². The first-order valence-electron chi connectivity index (χ1n) is 8.10. The number of aryl methyl sites for hydroxylation is 1. The minimum Gasteiger partial charge on any atom is -0.349 e. The summed E-state index contributed by atoms with van der Waals surface area (Å²) in [6.07, 6.45) is 2.80. The van der Waals surface area contributed by atoms with Gasteiger partial charge in [-0.25, -0.2) is 4.98 Å². The maximum atomic E-state index is 12.7. The Morgan fingerprint density at radius 1 is 1.29 bits per heavy atom. The average molecular weight is 337 g/mol. The molecule has 1 aliphatic rings. The fourth-order valence-corrected chi connectivity index (χ4v) is 4.03. The van der Waals surface area contributed by atoms with Crippen LogP contribution in [0.3, 0.4) is 0 Å². The molecule has 2 atom stereocenters. The van der Waals surface area contributed by atoms with Crippen LogP contribution >= 0.6 is 11.3 Å². The van der Waals surface area contributed by atoms with Crippen molar-refractivity contribution in [3.05, 3.63) is 70.5 Å². The van der Waals surface area contributed by atoms with Crippen LogP contribution in [0.1, 0.15) is 39.6 Å². The molecule has 3 aromatic rings. The first-order valence-corrected chi connectivity index (χ1v) is 8.97. The van der Waals surface area contributed by atoms with E-state index >= 15 is 0 Å². The summed E-state index contributed by atoms with van der Waals surface area (Å²) in [6, 6.07) is 12.6. The number of benzene rings is 1. The molecule has 0 saturated heterocycles. The number of hydrogen-bond acceptors (Lipinski definition) is 3. The number of rotatable bonds is 4. The number of nitrogens with zero attached hydrogens (tertiary/aromatic N) is 2. The van der Waals surface area contributed by atoms with Crippen LogP contribution in [0.15, 0.2) is 48.0 Å². The predicted molar refractivity (Wildman–Crippen MR) is 96.0 cm³/mol. The van der Waals surface area contributed by atoms with Crippen LogP contribution in [-0.2, 0) is 0 Å². The Morgan fingerprint density at radius 2 is 2.08 bits per heavy atom. The van der Waals surface area contributed by atoms with E-state index in [0.29, 0.717) is 5.92 Å². The van der Waals surface area contributed by atoms with Gasteiger partial charge >= 0.3 is 0 Å². The molecule has 1 N–H and O–H groups in total. The third-order valence-corrected chi connectivity index (χ3v) is 5.38. The Hall–Kier alpha value is -2.40. The Balaban J connectivity index is 1.51. The van der Waals surface area contributed by atoms with Crippen molar-refractivity contribution in [1.82, 2.24) is 14.9 Å². The van der Waals surface area contributed by atoms with Gasteiger partial charge in [0.25, 0.3) is 5.91 Å². The third kappa shape index (κ3) is 2.65. The van der Waals surface area contributed by atoms with Gasteiger partial charge in [0.05, 0.1) is 5.56 Å². The summed E-state index contributed by atoms with van der Waals surface area (Å²) in [5, 5.41) is 6.02. The van der Waals surface area contributed by atoms with Gasteiger partial charge < -0.3 is 5.32 Å². The summed E-state index contributed by atoms with van der Waals surface area (Å²) in [5.74, 6) is 0.451. The third-order valence-electron chi connectivity index (χ3n) is 4.62. The van der Waals surface area contributed by atoms with Crippen molar-refractivity contribution in [1.29, 1.82) is 0 Å². The molecule has 0 bridgehead atoms. The largest absolute Gasteiger partial charge is 0.349 e. The molecular weight excluding hydrogens is 318 g/mol. The Kier molecular flexibility index (Phi) is 3.73. The zero-order valence-electron chi connectivity index (χ0n) is 13.7. The molecule has 0 radical (unpaired) electrons. The van der Waals surface area contributed by atoms with Crippen molar-refractivity contribution in [2.45, 2.75) is 32.2 Å². The van der Waals surface area contributed by atoms with Crippen LogP contribution in [0.25, 0.3) is 5.13 Å². The molecule has 2 unspecified atom stereocenters. The van der Waals surface area contributed by atoms with Gasteiger partial charge in [-0.15, -0.1) is 11.3 Å². The normalized spacial score (nSPS) is 19.2. The smallest absolute Gasteiger partial charge is 0.253 e. The Labute approximate surface area is 145 Å². The van der Waals surface area contributed by atoms with Crippen LogP contribution in [0.5, 0.6) is 0 Å². The SMILES string of the molecule is Cc1cc(C(=O)NC2CC2c2ccccc2)c(C)n1-c1nccs1. The minimum atomic E-state index is 0.00865. The molecule has 0 aliphatic heterocycles. The molecule has 5 heteroatoms. The minimum absolute atomic E-state index is 0.00865. The number of amides is 1. The highest BCUT2D eigenvalue weighted by molar-refractivity contribution is 7.12. The number of thiazole rings is 1. The van der Waals surface area contributed by atoms with Crippen LogP contribution in [0.4, 0.5) is 0 Å². The standard InChI is InChI=1S/C19H19N3OS/c1-12-10-15(13(2)22(12)19-20-8-9-24-19)18(23)21-17-11-16(17)14-6-4-3-5-7-14/h3-10,16-17H,11H2,1-2H3,(H,21,23). The zero-order chi connectivity index (χ0) is 16.7. The molecule has 24 heavy (non-hydrogen) atoms. The zero-order valence-corrected chi connectivity index (χ0v) is 14.5. The molecule has 4 rings (SSSR count). The van der Waals surface area contributed by atoms with Crippen LogP contribution in [-0.4, -0.2) is 21.5 Å². The van der Waals surface area contributed by atoms with E-state index in [1.165, 1.54) is 5.56 Å². The summed E-state index contributed by atoms with van der Waals surface area (Å²) in [5.41, 5.74) is 4.01. The van der Waals surface area contributed by atoms with Crippen molar-refractivity contribution >= 4 is 17.2 Å². The number of hydrogen-bond donors (Lipinski definition) is 1. The lowest BCUT2D eigenvalue weighted by Crippen LogP contribution is -2.27. The fraction of sp³-hybridized carbons (Fsp3) is 0.263. The van der Waals surface area contributed by atoms with E-state index in [2.05, 4.69) is 22.4 Å². The molecule has 1 saturated carbocycles. The van der Waals surface area contributed by atoms with Gasteiger partial charge in [0.1, 0.15) is 0 Å². The highest BCUT2D eigenvalue weighted by Gasteiger charge is 2.39. The molecule has 4 nitrogen and oxygen atoms in total. The molecule has 1 aromatic carbocycles. The van der Waals surface area contributed by atoms with Crippen LogP contribution in [0, 0.1) is 13.8 Å². The van der Waals surface area contributed by atoms with Gasteiger partial charge in [-0.2, -0.15) is 0 Å². The number of carbonyl (C=O) groups excluding carboxylic acids is 1. The van der Waals surface area contributed by atoms with Gasteiger partial charge in [0.15, 0.2) is 5.13 Å². The van der Waals surface area contributed by atoms with E-state index in [-0.39, 0.29) is 11.9 Å². The van der Waals surface area contributed by atoms with E-state index in [1.807, 2.05) is 48.1 Å². The second kappa shape index (κ2) is 5.91. The van der Waals surface area contributed by atoms with Crippen molar-refractivity contribution in [3.63, 3.8) is 0 Å². The van der Waals surface area contributed by atoms with Crippen molar-refractivity contribution < 1.29 is 4.79 Å². The fourth-order valence-electron chi connectivity index (χ4n) is 3.28. The summed E-state index contributed by atoms with van der Waals surface area (Å²) in [4.78, 5) is 17.0. The van der Waals surface area contributed by atoms with Gasteiger partial charge in [-0.05, 0) is 31.9 Å². The molecule has 2 heterocycles. The van der Waals surface area contributed by atoms with Crippen molar-refractivity contribution in [3.8, 4) is 5.13 Å². The first kappa shape index (κ1) is 15.1. The number of aromatic nitrogens is 2. The molecule has 1 aliphatic carbocycles. The quantitative estimate of drug-likeness (QED) is 0.786. The average Bonchev–Trinajstić information content (AvgIpc) is 3.00. The maximum Gasteiger partial charge on any atom is 0.253 e. The molecule has 122 valence electrons. The summed E-state index contributed by atoms with van der Waals surface area (Å²) in [7, 11) is 0. The molecular formula is C19H19N3OS. The summed E-state index contributed by atoms with van der Waals surface area (Å²) < 4.78 is 2.04. The van der Waals surface area contributed by atoms with E-state index in [9.17, 15) is 4.79 Å². The van der Waals surface area contributed by atoms with Crippen molar-refractivity contribution in [2.24, 2.45) is 0 Å². The highest BCUT2D eigenvalue weighted by Crippen LogP contribution is 2.40. The molecule has 1 amide bonds. The van der Waals surface area contributed by atoms with Gasteiger partial charge in [0.2, 0.25) is 0 Å². The Morgan fingerprint density at radius 3 is 2.79 bits per heavy atom. The van der Waals surface area contributed by atoms with E-state index in [0.717, 1.165) is 28.5 Å². The lowest BCUT2D eigenvalue weighted by Gasteiger charge is -2.07. The van der Waals surface area contributed by atoms with E-state index < -0.39 is 0 Å². The van der Waals surface area contributed by atoms with Crippen molar-refractivity contribution in [2.75, 3.05) is 0 Å². The number of nitrogens with one attached hydrogen (secondary N) is 1. The van der Waals surface area contributed by atoms with Crippen LogP contribution in [0.2, 0.25) is 0 Å². The molecule has 2 aromatic heterocycles. The lowest BCUT2D eigenvalue weighted by atomic mass is 10.1. The topological polar surface area (TPSA) is 46.9 Å². The van der Waals surface area contributed by atoms with E-state index in [1.54, 1.807) is 17.5 Å². The second-order valence-corrected chi connectivity index (χ2v) is 7.14. The summed E-state index contributed by atoms with van der Waals surface area (Å²) in [6.45, 7) is 3.99. The second-order valence-electron chi connectivity index (χ2n) is 6.27. The van der Waals surface area contributed by atoms with Gasteiger partial charge in [0, 0.05) is 34.9 Å². The predicted octanol–water partition coefficient (Wildman–Crippen LogP) is 3.84. The highest BCUT2D eigenvalue weighted by atomic mass is 32.1.